The number of ether oxygens (including phenoxy) is 1. The largest absolute Gasteiger partial charge is 0.466 e. The van der Waals surface area contributed by atoms with Crippen LogP contribution in [0.1, 0.15) is 44.2 Å². The first-order chi connectivity index (χ1) is 10.7. The number of fused-ring (bicyclic) bond motifs is 2. The van der Waals surface area contributed by atoms with Gasteiger partial charge in [-0.2, -0.15) is 0 Å². The van der Waals surface area contributed by atoms with Gasteiger partial charge in [0.1, 0.15) is 0 Å². The molecule has 1 saturated carbocycles. The number of piperidine rings is 2. The fourth-order valence-corrected chi connectivity index (χ4v) is 5.50. The Balaban J connectivity index is 0.00000156. The summed E-state index contributed by atoms with van der Waals surface area (Å²) in [6.45, 7) is 4.70. The van der Waals surface area contributed by atoms with Gasteiger partial charge in [0.25, 0.3) is 0 Å². The van der Waals surface area contributed by atoms with E-state index < -0.39 is 0 Å². The second-order valence-electron chi connectivity index (χ2n) is 7.16. The minimum Gasteiger partial charge on any atom is -0.466 e. The minimum atomic E-state index is 0. The highest BCUT2D eigenvalue weighted by molar-refractivity contribution is 5.85. The van der Waals surface area contributed by atoms with Gasteiger partial charge in [-0.25, -0.2) is 0 Å². The molecule has 126 valence electrons. The molecule has 0 radical (unpaired) electrons. The first-order valence-corrected chi connectivity index (χ1v) is 8.70. The number of hydrogen-bond donors (Lipinski definition) is 1. The van der Waals surface area contributed by atoms with Gasteiger partial charge in [-0.3, -0.25) is 4.79 Å². The Morgan fingerprint density at radius 2 is 2.09 bits per heavy atom. The van der Waals surface area contributed by atoms with E-state index in [2.05, 4.69) is 36.5 Å². The summed E-state index contributed by atoms with van der Waals surface area (Å²) in [4.78, 5) is 12.3. The van der Waals surface area contributed by atoms with Crippen LogP contribution in [-0.4, -0.2) is 24.7 Å². The number of esters is 1. The van der Waals surface area contributed by atoms with Crippen molar-refractivity contribution in [3.8, 4) is 0 Å². The van der Waals surface area contributed by atoms with Crippen LogP contribution in [0.5, 0.6) is 0 Å². The molecule has 4 heteroatoms. The molecular weight excluding hydrogens is 310 g/mol. The van der Waals surface area contributed by atoms with Crippen molar-refractivity contribution in [2.24, 2.45) is 11.8 Å². The molecule has 1 aromatic carbocycles. The van der Waals surface area contributed by atoms with E-state index in [0.717, 1.165) is 19.3 Å². The molecule has 23 heavy (non-hydrogen) atoms. The van der Waals surface area contributed by atoms with Crippen LogP contribution in [0.25, 0.3) is 0 Å². The highest BCUT2D eigenvalue weighted by atomic mass is 35.5. The zero-order valence-corrected chi connectivity index (χ0v) is 14.7. The smallest absolute Gasteiger partial charge is 0.310 e. The fraction of sp³-hybridized carbons (Fsp3) is 0.632. The van der Waals surface area contributed by atoms with Gasteiger partial charge in [0.05, 0.1) is 12.5 Å². The average molecular weight is 336 g/mol. The van der Waals surface area contributed by atoms with Crippen molar-refractivity contribution < 1.29 is 9.53 Å². The molecule has 5 atom stereocenters. The summed E-state index contributed by atoms with van der Waals surface area (Å²) in [5.74, 6) is 0.611. The summed E-state index contributed by atoms with van der Waals surface area (Å²) in [6, 6.07) is 9.75. The summed E-state index contributed by atoms with van der Waals surface area (Å²) in [5.41, 5.74) is 3.32. The lowest BCUT2D eigenvalue weighted by Gasteiger charge is -2.61. The Bertz CT molecular complexity index is 605. The fourth-order valence-electron chi connectivity index (χ4n) is 5.50. The molecule has 3 fully saturated rings. The second kappa shape index (κ2) is 6.10. The van der Waals surface area contributed by atoms with Gasteiger partial charge >= 0.3 is 5.97 Å². The molecule has 1 aromatic rings. The summed E-state index contributed by atoms with van der Waals surface area (Å²) in [5, 5.41) is 3.77. The first-order valence-electron chi connectivity index (χ1n) is 8.70. The first kappa shape index (κ1) is 16.8. The molecule has 5 rings (SSSR count). The zero-order valence-electron chi connectivity index (χ0n) is 13.9. The van der Waals surface area contributed by atoms with Crippen molar-refractivity contribution in [2.45, 2.75) is 57.0 Å². The van der Waals surface area contributed by atoms with Gasteiger partial charge in [-0.1, -0.05) is 31.2 Å². The molecule has 1 N–H and O–H groups in total. The number of halogens is 1. The van der Waals surface area contributed by atoms with E-state index >= 15 is 0 Å². The summed E-state index contributed by atoms with van der Waals surface area (Å²) in [6.07, 6.45) is 4.34. The van der Waals surface area contributed by atoms with E-state index in [1.165, 1.54) is 12.0 Å². The Morgan fingerprint density at radius 1 is 1.30 bits per heavy atom. The number of nitrogens with one attached hydrogen (secondary N) is 1. The van der Waals surface area contributed by atoms with E-state index in [0.29, 0.717) is 18.6 Å². The lowest BCUT2D eigenvalue weighted by atomic mass is 9.49. The van der Waals surface area contributed by atoms with Gasteiger partial charge in [-0.15, -0.1) is 12.4 Å². The number of carbonyl (C=O) groups is 1. The Morgan fingerprint density at radius 3 is 2.78 bits per heavy atom. The molecule has 2 heterocycles. The van der Waals surface area contributed by atoms with E-state index in [9.17, 15) is 4.79 Å². The summed E-state index contributed by atoms with van der Waals surface area (Å²) < 4.78 is 5.31. The summed E-state index contributed by atoms with van der Waals surface area (Å²) in [7, 11) is 0. The Labute approximate surface area is 144 Å². The average Bonchev–Trinajstić information content (AvgIpc) is 2.54. The number of rotatable bonds is 3. The maximum Gasteiger partial charge on any atom is 0.310 e. The molecule has 4 bridgehead atoms. The predicted octanol–water partition coefficient (Wildman–Crippen LogP) is 3.24. The minimum absolute atomic E-state index is 0. The van der Waals surface area contributed by atoms with Crippen molar-refractivity contribution in [1.82, 2.24) is 5.32 Å². The normalized spacial score (nSPS) is 36.8. The van der Waals surface area contributed by atoms with Crippen molar-refractivity contribution in [3.63, 3.8) is 0 Å². The third-order valence-corrected chi connectivity index (χ3v) is 6.42. The van der Waals surface area contributed by atoms with Crippen LogP contribution >= 0.6 is 12.4 Å². The van der Waals surface area contributed by atoms with Crippen molar-refractivity contribution >= 4 is 18.4 Å². The van der Waals surface area contributed by atoms with E-state index in [4.69, 9.17) is 4.74 Å². The molecule has 2 aliphatic carbocycles. The van der Waals surface area contributed by atoms with Crippen LogP contribution in [0, 0.1) is 11.8 Å². The number of hydrogen-bond acceptors (Lipinski definition) is 3. The van der Waals surface area contributed by atoms with E-state index in [1.807, 2.05) is 6.92 Å². The molecular formula is C19H26ClNO2. The van der Waals surface area contributed by atoms with Gasteiger partial charge in [0.15, 0.2) is 0 Å². The van der Waals surface area contributed by atoms with Crippen LogP contribution in [0.3, 0.4) is 0 Å². The SMILES string of the molecule is CCOC(=O)[C@H]1CC2C3Cc4ccccc4[C@@]2(CC)CC1N3.Cl. The monoisotopic (exact) mass is 335 g/mol. The van der Waals surface area contributed by atoms with Gasteiger partial charge in [0, 0.05) is 17.5 Å². The van der Waals surface area contributed by atoms with Crippen LogP contribution in [-0.2, 0) is 21.4 Å². The molecule has 0 aromatic heterocycles. The van der Waals surface area contributed by atoms with E-state index in [1.54, 1.807) is 5.56 Å². The van der Waals surface area contributed by atoms with Gasteiger partial charge in [0.2, 0.25) is 0 Å². The maximum absolute atomic E-state index is 12.3. The predicted molar refractivity (Wildman–Crippen MR) is 92.9 cm³/mol. The van der Waals surface area contributed by atoms with Crippen LogP contribution in [0.2, 0.25) is 0 Å². The topological polar surface area (TPSA) is 38.3 Å². The van der Waals surface area contributed by atoms with E-state index in [-0.39, 0.29) is 35.8 Å². The lowest BCUT2D eigenvalue weighted by molar-refractivity contribution is -0.155. The standard InChI is InChI=1S/C19H25NO2.ClH/c1-3-19-11-17-13(18(21)22-4-2)10-15(19)16(20-17)9-12-7-5-6-8-14(12)19;/h5-8,13,15-17,20H,3-4,9-11H2,1-2H3;1H/t13-,15?,16?,17?,19+;/m0./s1. The van der Waals surface area contributed by atoms with Crippen molar-refractivity contribution in [2.75, 3.05) is 6.61 Å². The quantitative estimate of drug-likeness (QED) is 0.862. The Hall–Kier alpha value is -1.06. The molecule has 3 nitrogen and oxygen atoms in total. The molecule has 0 amide bonds. The second-order valence-corrected chi connectivity index (χ2v) is 7.16. The van der Waals surface area contributed by atoms with Crippen molar-refractivity contribution in [1.29, 1.82) is 0 Å². The van der Waals surface area contributed by atoms with Crippen LogP contribution in [0.4, 0.5) is 0 Å². The highest BCUT2D eigenvalue weighted by Gasteiger charge is 2.59. The Kier molecular flexibility index (Phi) is 4.45. The van der Waals surface area contributed by atoms with Crippen molar-refractivity contribution in [3.05, 3.63) is 35.4 Å². The number of benzene rings is 1. The van der Waals surface area contributed by atoms with Gasteiger partial charge in [-0.05, 0) is 49.7 Å². The molecule has 2 saturated heterocycles. The molecule has 3 unspecified atom stereocenters. The molecule has 2 aliphatic heterocycles. The van der Waals surface area contributed by atoms with Crippen LogP contribution in [0.15, 0.2) is 24.3 Å². The van der Waals surface area contributed by atoms with Gasteiger partial charge < -0.3 is 10.1 Å². The summed E-state index contributed by atoms with van der Waals surface area (Å²) >= 11 is 0. The zero-order chi connectivity index (χ0) is 15.3. The van der Waals surface area contributed by atoms with Crippen LogP contribution < -0.4 is 5.32 Å². The molecule has 4 aliphatic rings. The third kappa shape index (κ3) is 2.32. The lowest BCUT2D eigenvalue weighted by Crippen LogP contribution is -2.69. The molecule has 0 spiro atoms. The maximum atomic E-state index is 12.3. The third-order valence-electron chi connectivity index (χ3n) is 6.42. The highest BCUT2D eigenvalue weighted by Crippen LogP contribution is 2.56. The number of carbonyl (C=O) groups excluding carboxylic acids is 1.